The number of allylic oxidation sites excluding steroid dienone is 3. The van der Waals surface area contributed by atoms with Crippen LogP contribution in [0.3, 0.4) is 0 Å². The summed E-state index contributed by atoms with van der Waals surface area (Å²) in [6.45, 7) is 3.08. The summed E-state index contributed by atoms with van der Waals surface area (Å²) < 4.78 is 1.95. The number of nitrogens with one attached hydrogen (secondary N) is 2. The molecule has 0 radical (unpaired) electrons. The van der Waals surface area contributed by atoms with E-state index in [0.717, 1.165) is 18.5 Å². The predicted octanol–water partition coefficient (Wildman–Crippen LogP) is 3.70. The number of carbonyl (C=O) groups is 1. The van der Waals surface area contributed by atoms with Crippen LogP contribution < -0.4 is 16.4 Å². The molecule has 0 fully saturated rings. The topological polar surface area (TPSA) is 133 Å². The molecule has 35 heavy (non-hydrogen) atoms. The third kappa shape index (κ3) is 5.07. The molecule has 174 valence electrons. The van der Waals surface area contributed by atoms with Crippen LogP contribution in [0.25, 0.3) is 5.70 Å². The number of dihydropyridines is 1. The number of benzene rings is 2. The average molecular weight is 464 g/mol. The molecule has 1 aromatic heterocycles. The zero-order valence-electron chi connectivity index (χ0n) is 19.3. The molecule has 1 amide bonds. The summed E-state index contributed by atoms with van der Waals surface area (Å²) in [7, 11) is 0. The van der Waals surface area contributed by atoms with Crippen molar-refractivity contribution >= 4 is 17.3 Å². The van der Waals surface area contributed by atoms with Gasteiger partial charge < -0.3 is 20.9 Å². The highest BCUT2D eigenvalue weighted by Gasteiger charge is 2.31. The molecule has 8 nitrogen and oxygen atoms in total. The first-order valence-electron chi connectivity index (χ1n) is 11.2. The van der Waals surface area contributed by atoms with Crippen molar-refractivity contribution in [3.63, 3.8) is 0 Å². The Labute approximate surface area is 204 Å². The van der Waals surface area contributed by atoms with Crippen molar-refractivity contribution in [3.05, 3.63) is 101 Å². The van der Waals surface area contributed by atoms with Crippen molar-refractivity contribution in [2.24, 2.45) is 0 Å². The van der Waals surface area contributed by atoms with E-state index in [9.17, 15) is 15.3 Å². The fourth-order valence-electron chi connectivity index (χ4n) is 4.20. The first-order valence-corrected chi connectivity index (χ1v) is 11.2. The van der Waals surface area contributed by atoms with Crippen LogP contribution in [0.5, 0.6) is 0 Å². The monoisotopic (exact) mass is 463 g/mol. The van der Waals surface area contributed by atoms with Crippen molar-refractivity contribution in [3.8, 4) is 12.1 Å². The second kappa shape index (κ2) is 10.4. The molecule has 0 aliphatic carbocycles. The Morgan fingerprint density at radius 2 is 1.97 bits per heavy atom. The quantitative estimate of drug-likeness (QED) is 0.361. The molecule has 2 heterocycles. The number of amides is 1. The lowest BCUT2D eigenvalue weighted by Crippen LogP contribution is -2.26. The number of anilines is 1. The van der Waals surface area contributed by atoms with E-state index in [1.54, 1.807) is 42.9 Å². The Balaban J connectivity index is 1.62. The van der Waals surface area contributed by atoms with Gasteiger partial charge in [0.2, 0.25) is 0 Å². The van der Waals surface area contributed by atoms with Crippen LogP contribution in [0.2, 0.25) is 0 Å². The molecule has 1 atom stereocenters. The number of imidazole rings is 1. The van der Waals surface area contributed by atoms with Crippen molar-refractivity contribution in [1.82, 2.24) is 20.2 Å². The number of hydrogen-bond donors (Lipinski definition) is 3. The number of nitriles is 2. The predicted molar refractivity (Wildman–Crippen MR) is 133 cm³/mol. The highest BCUT2D eigenvalue weighted by Crippen LogP contribution is 2.40. The second-order valence-corrected chi connectivity index (χ2v) is 8.27. The summed E-state index contributed by atoms with van der Waals surface area (Å²) in [6, 6.07) is 18.9. The number of aromatic nitrogens is 2. The molecule has 0 bridgehead atoms. The Bertz CT molecular complexity index is 1390. The molecular formula is C27H25N7O. The average Bonchev–Trinajstić information content (AvgIpc) is 3.39. The van der Waals surface area contributed by atoms with Crippen molar-refractivity contribution in [2.45, 2.75) is 25.8 Å². The van der Waals surface area contributed by atoms with Gasteiger partial charge in [-0.05, 0) is 43.2 Å². The maximum Gasteiger partial charge on any atom is 0.251 e. The number of nitrogen functional groups attached to an aromatic ring is 1. The zero-order chi connectivity index (χ0) is 24.8. The van der Waals surface area contributed by atoms with Crippen LogP contribution in [0, 0.1) is 22.7 Å². The molecule has 0 saturated heterocycles. The number of nitrogens with two attached hydrogens (primary N) is 1. The van der Waals surface area contributed by atoms with Gasteiger partial charge in [-0.1, -0.05) is 24.3 Å². The van der Waals surface area contributed by atoms with Crippen LogP contribution in [-0.4, -0.2) is 22.0 Å². The van der Waals surface area contributed by atoms with Crippen LogP contribution in [0.4, 0.5) is 5.69 Å². The van der Waals surface area contributed by atoms with Crippen molar-refractivity contribution in [1.29, 1.82) is 10.5 Å². The van der Waals surface area contributed by atoms with Gasteiger partial charge in [0.25, 0.3) is 5.91 Å². The highest BCUT2D eigenvalue weighted by atomic mass is 16.1. The van der Waals surface area contributed by atoms with Gasteiger partial charge >= 0.3 is 0 Å². The Kier molecular flexibility index (Phi) is 6.94. The summed E-state index contributed by atoms with van der Waals surface area (Å²) in [5.41, 5.74) is 10.6. The van der Waals surface area contributed by atoms with E-state index in [1.807, 2.05) is 35.9 Å². The lowest BCUT2D eigenvalue weighted by molar-refractivity contribution is 0.0952. The highest BCUT2D eigenvalue weighted by molar-refractivity contribution is 5.94. The summed E-state index contributed by atoms with van der Waals surface area (Å²) in [6.07, 6.45) is 6.11. The fraction of sp³-hybridized carbons (Fsp3) is 0.185. The Morgan fingerprint density at radius 3 is 2.69 bits per heavy atom. The molecular weight excluding hydrogens is 438 g/mol. The Hall–Kier alpha value is -4.82. The molecule has 1 aliphatic heterocycles. The van der Waals surface area contributed by atoms with Crippen molar-refractivity contribution in [2.75, 3.05) is 12.3 Å². The molecule has 8 heteroatoms. The standard InChI is InChI=1S/C27H25N7O/c1-18-23(15-28)25(24(16-29)26(33-18)20-6-3-8-22(30)14-20)19-5-2-7-21(13-19)27(35)32-9-4-11-34-12-10-31-17-34/h2-3,5-8,10,12-14,17,25,33H,4,9,11,30H2,1H3,(H,32,35). The van der Waals surface area contributed by atoms with Gasteiger partial charge in [0, 0.05) is 48.0 Å². The van der Waals surface area contributed by atoms with Gasteiger partial charge in [0.1, 0.15) is 0 Å². The van der Waals surface area contributed by atoms with Crippen LogP contribution in [0.15, 0.2) is 84.1 Å². The van der Waals surface area contributed by atoms with E-state index in [0.29, 0.717) is 45.9 Å². The SMILES string of the molecule is CC1=C(C#N)C(c2cccc(C(=O)NCCCn3ccnc3)c2)C(C#N)=C(c2cccc(N)c2)N1. The van der Waals surface area contributed by atoms with Gasteiger partial charge in [-0.2, -0.15) is 10.5 Å². The fourth-order valence-corrected chi connectivity index (χ4v) is 4.20. The van der Waals surface area contributed by atoms with E-state index < -0.39 is 5.92 Å². The molecule has 0 saturated carbocycles. The summed E-state index contributed by atoms with van der Waals surface area (Å²) in [4.78, 5) is 16.8. The van der Waals surface area contributed by atoms with Gasteiger partial charge in [0.15, 0.2) is 0 Å². The second-order valence-electron chi connectivity index (χ2n) is 8.27. The van der Waals surface area contributed by atoms with Gasteiger partial charge in [-0.25, -0.2) is 4.98 Å². The molecule has 4 N–H and O–H groups in total. The number of rotatable bonds is 7. The number of nitrogens with zero attached hydrogens (tertiary/aromatic N) is 4. The molecule has 1 aliphatic rings. The maximum absolute atomic E-state index is 12.8. The minimum absolute atomic E-state index is 0.204. The molecule has 0 spiro atoms. The lowest BCUT2D eigenvalue weighted by atomic mass is 9.80. The minimum atomic E-state index is -0.600. The smallest absolute Gasteiger partial charge is 0.251 e. The number of carbonyl (C=O) groups excluding carboxylic acids is 1. The van der Waals surface area contributed by atoms with E-state index >= 15 is 0 Å². The summed E-state index contributed by atoms with van der Waals surface area (Å²) >= 11 is 0. The van der Waals surface area contributed by atoms with E-state index in [2.05, 4.69) is 27.8 Å². The Morgan fingerprint density at radius 1 is 1.17 bits per heavy atom. The first-order chi connectivity index (χ1) is 17.0. The molecule has 3 aromatic rings. The van der Waals surface area contributed by atoms with Crippen LogP contribution >= 0.6 is 0 Å². The van der Waals surface area contributed by atoms with Gasteiger partial charge in [0.05, 0.1) is 41.2 Å². The largest absolute Gasteiger partial charge is 0.399 e. The van der Waals surface area contributed by atoms with E-state index in [-0.39, 0.29) is 5.91 Å². The van der Waals surface area contributed by atoms with Crippen LogP contribution in [0.1, 0.15) is 40.7 Å². The lowest BCUT2D eigenvalue weighted by Gasteiger charge is -2.28. The third-order valence-electron chi connectivity index (χ3n) is 5.90. The summed E-state index contributed by atoms with van der Waals surface area (Å²) in [5.74, 6) is -0.805. The molecule has 1 unspecified atom stereocenters. The minimum Gasteiger partial charge on any atom is -0.399 e. The molecule has 2 aromatic carbocycles. The van der Waals surface area contributed by atoms with E-state index in [4.69, 9.17) is 5.73 Å². The first kappa shape index (κ1) is 23.3. The van der Waals surface area contributed by atoms with Crippen molar-refractivity contribution < 1.29 is 4.79 Å². The zero-order valence-corrected chi connectivity index (χ0v) is 19.3. The number of aryl methyl sites for hydroxylation is 1. The summed E-state index contributed by atoms with van der Waals surface area (Å²) in [5, 5.41) is 26.2. The third-order valence-corrected chi connectivity index (χ3v) is 5.90. The van der Waals surface area contributed by atoms with Gasteiger partial charge in [-0.15, -0.1) is 0 Å². The number of hydrogen-bond acceptors (Lipinski definition) is 6. The maximum atomic E-state index is 12.8. The normalized spacial score (nSPS) is 15.2. The van der Waals surface area contributed by atoms with Crippen LogP contribution in [-0.2, 0) is 6.54 Å². The van der Waals surface area contributed by atoms with Gasteiger partial charge in [-0.3, -0.25) is 4.79 Å². The molecule has 4 rings (SSSR count). The van der Waals surface area contributed by atoms with E-state index in [1.165, 1.54) is 0 Å².